The Kier molecular flexibility index (Phi) is 3.72. The number of nitriles is 1. The van der Waals surface area contributed by atoms with Gasteiger partial charge >= 0.3 is 0 Å². The highest BCUT2D eigenvalue weighted by Crippen LogP contribution is 2.30. The second kappa shape index (κ2) is 6.02. The molecule has 1 aromatic heterocycles. The summed E-state index contributed by atoms with van der Waals surface area (Å²) in [6.45, 7) is 0. The molecule has 1 aromatic carbocycles. The Hall–Kier alpha value is -2.38. The maximum Gasteiger partial charge on any atom is 0.214 e. The zero-order chi connectivity index (χ0) is 15.6. The van der Waals surface area contributed by atoms with Crippen LogP contribution in [0.3, 0.4) is 0 Å². The monoisotopic (exact) mass is 305 g/mol. The molecule has 2 bridgehead atoms. The van der Waals surface area contributed by atoms with Crippen molar-refractivity contribution in [1.29, 1.82) is 5.26 Å². The highest BCUT2D eigenvalue weighted by molar-refractivity contribution is 5.67. The lowest BCUT2D eigenvalue weighted by Crippen LogP contribution is -2.42. The first-order valence-electron chi connectivity index (χ1n) is 8.21. The number of ether oxygens (including phenoxy) is 1. The van der Waals surface area contributed by atoms with Crippen LogP contribution in [-0.4, -0.2) is 23.2 Å². The van der Waals surface area contributed by atoms with Gasteiger partial charge in [0.25, 0.3) is 0 Å². The van der Waals surface area contributed by atoms with Crippen molar-refractivity contribution in [2.24, 2.45) is 0 Å². The number of aromatic nitrogens is 1. The third-order valence-electron chi connectivity index (χ3n) is 4.76. The van der Waals surface area contributed by atoms with E-state index < -0.39 is 0 Å². The van der Waals surface area contributed by atoms with E-state index >= 15 is 0 Å². The highest BCUT2D eigenvalue weighted by Gasteiger charge is 2.34. The van der Waals surface area contributed by atoms with Crippen molar-refractivity contribution in [3.05, 3.63) is 48.0 Å². The van der Waals surface area contributed by atoms with Gasteiger partial charge in [-0.15, -0.1) is 0 Å². The molecule has 0 unspecified atom stereocenters. The van der Waals surface area contributed by atoms with E-state index in [9.17, 15) is 5.26 Å². The molecule has 4 heteroatoms. The van der Waals surface area contributed by atoms with Gasteiger partial charge in [0.15, 0.2) is 0 Å². The van der Waals surface area contributed by atoms with E-state index in [4.69, 9.17) is 4.74 Å². The average molecular weight is 305 g/mol. The zero-order valence-corrected chi connectivity index (χ0v) is 12.9. The second-order valence-corrected chi connectivity index (χ2v) is 6.37. The van der Waals surface area contributed by atoms with Crippen LogP contribution < -0.4 is 10.1 Å². The fourth-order valence-electron chi connectivity index (χ4n) is 3.71. The van der Waals surface area contributed by atoms with Gasteiger partial charge in [0.2, 0.25) is 5.88 Å². The molecular formula is C19H19N3O. The minimum atomic E-state index is 0.239. The normalized spacial score (nSPS) is 25.8. The summed E-state index contributed by atoms with van der Waals surface area (Å²) in [6.07, 6.45) is 4.86. The van der Waals surface area contributed by atoms with Crippen molar-refractivity contribution >= 4 is 0 Å². The van der Waals surface area contributed by atoms with Crippen molar-refractivity contribution in [3.8, 4) is 23.2 Å². The summed E-state index contributed by atoms with van der Waals surface area (Å²) >= 11 is 0. The lowest BCUT2D eigenvalue weighted by Gasteiger charge is -2.29. The molecule has 2 aliphatic heterocycles. The van der Waals surface area contributed by atoms with Crippen molar-refractivity contribution in [3.63, 3.8) is 0 Å². The first-order chi connectivity index (χ1) is 11.3. The van der Waals surface area contributed by atoms with Crippen LogP contribution in [-0.2, 0) is 0 Å². The Labute approximate surface area is 136 Å². The Morgan fingerprint density at radius 2 is 1.83 bits per heavy atom. The predicted octanol–water partition coefficient (Wildman–Crippen LogP) is 3.28. The van der Waals surface area contributed by atoms with Crippen molar-refractivity contribution in [2.45, 2.75) is 43.9 Å². The molecule has 0 radical (unpaired) electrons. The number of hydrogen-bond donors (Lipinski definition) is 1. The summed E-state index contributed by atoms with van der Waals surface area (Å²) in [4.78, 5) is 4.62. The van der Waals surface area contributed by atoms with Gasteiger partial charge in [-0.3, -0.25) is 0 Å². The Morgan fingerprint density at radius 1 is 1.04 bits per heavy atom. The summed E-state index contributed by atoms with van der Waals surface area (Å²) in [6, 6.07) is 16.7. The topological polar surface area (TPSA) is 57.9 Å². The van der Waals surface area contributed by atoms with Crippen LogP contribution in [0.25, 0.3) is 11.3 Å². The minimum absolute atomic E-state index is 0.239. The lowest BCUT2D eigenvalue weighted by atomic mass is 10.0. The van der Waals surface area contributed by atoms with Crippen molar-refractivity contribution in [2.75, 3.05) is 0 Å². The number of hydrogen-bond acceptors (Lipinski definition) is 4. The summed E-state index contributed by atoms with van der Waals surface area (Å²) in [5.41, 5.74) is 2.28. The predicted molar refractivity (Wildman–Crippen MR) is 88.0 cm³/mol. The molecule has 2 fully saturated rings. The number of pyridine rings is 1. The van der Waals surface area contributed by atoms with Gasteiger partial charge in [-0.2, -0.15) is 5.26 Å². The first-order valence-corrected chi connectivity index (χ1v) is 8.21. The molecule has 3 heterocycles. The number of nitrogens with one attached hydrogen (secondary N) is 1. The van der Waals surface area contributed by atoms with Crippen LogP contribution >= 0.6 is 0 Å². The highest BCUT2D eigenvalue weighted by atomic mass is 16.5. The van der Waals surface area contributed by atoms with Crippen LogP contribution in [0.15, 0.2) is 42.5 Å². The van der Waals surface area contributed by atoms with Gasteiger partial charge in [0, 0.05) is 23.7 Å². The summed E-state index contributed by atoms with van der Waals surface area (Å²) in [5.74, 6) is 0.654. The summed E-state index contributed by atoms with van der Waals surface area (Å²) in [5, 5.41) is 12.9. The molecule has 2 aromatic rings. The van der Waals surface area contributed by atoms with Gasteiger partial charge in [-0.25, -0.2) is 4.98 Å². The molecule has 2 atom stereocenters. The molecule has 0 spiro atoms. The van der Waals surface area contributed by atoms with Crippen LogP contribution in [0.5, 0.6) is 5.88 Å². The van der Waals surface area contributed by atoms with Crippen molar-refractivity contribution in [1.82, 2.24) is 10.3 Å². The van der Waals surface area contributed by atoms with Gasteiger partial charge in [0.1, 0.15) is 6.10 Å². The summed E-state index contributed by atoms with van der Waals surface area (Å²) in [7, 11) is 0. The minimum Gasteiger partial charge on any atom is -0.474 e. The maximum absolute atomic E-state index is 9.26. The molecule has 23 heavy (non-hydrogen) atoms. The number of benzene rings is 1. The van der Waals surface area contributed by atoms with E-state index in [2.05, 4.69) is 16.4 Å². The second-order valence-electron chi connectivity index (χ2n) is 6.37. The molecule has 4 rings (SSSR count). The molecule has 0 aliphatic carbocycles. The molecule has 0 saturated carbocycles. The molecule has 2 saturated heterocycles. The van der Waals surface area contributed by atoms with Gasteiger partial charge in [-0.05, 0) is 37.8 Å². The van der Waals surface area contributed by atoms with E-state index in [1.165, 1.54) is 12.8 Å². The van der Waals surface area contributed by atoms with Crippen LogP contribution in [0.4, 0.5) is 0 Å². The summed E-state index contributed by atoms with van der Waals surface area (Å²) < 4.78 is 6.14. The van der Waals surface area contributed by atoms with E-state index in [1.807, 2.05) is 42.5 Å². The lowest BCUT2D eigenvalue weighted by molar-refractivity contribution is 0.132. The van der Waals surface area contributed by atoms with E-state index in [1.54, 1.807) is 0 Å². The van der Waals surface area contributed by atoms with Crippen LogP contribution in [0.2, 0.25) is 0 Å². The fraction of sp³-hybridized carbons (Fsp3) is 0.368. The van der Waals surface area contributed by atoms with Crippen molar-refractivity contribution < 1.29 is 4.74 Å². The van der Waals surface area contributed by atoms with E-state index in [0.29, 0.717) is 23.5 Å². The van der Waals surface area contributed by atoms with Gasteiger partial charge in [0.05, 0.1) is 17.3 Å². The molecular weight excluding hydrogens is 286 g/mol. The van der Waals surface area contributed by atoms with E-state index in [0.717, 1.165) is 24.1 Å². The standard InChI is InChI=1S/C19H19N3O/c20-12-13-4-1-2-5-17(13)18-6-3-7-19(22-18)23-16-10-14-8-9-15(11-16)21-14/h1-7,14-16,21H,8-11H2/t14-,15-/m1/s1. The average Bonchev–Trinajstić information content (AvgIpc) is 2.93. The quantitative estimate of drug-likeness (QED) is 0.945. The smallest absolute Gasteiger partial charge is 0.214 e. The third kappa shape index (κ3) is 2.93. The SMILES string of the molecule is N#Cc1ccccc1-c1cccc(OC2C[C@H]3CC[C@H](C2)N3)n1. The third-order valence-corrected chi connectivity index (χ3v) is 4.76. The first kappa shape index (κ1) is 14.2. The van der Waals surface area contributed by atoms with Crippen LogP contribution in [0, 0.1) is 11.3 Å². The molecule has 4 nitrogen and oxygen atoms in total. The number of nitrogens with zero attached hydrogens (tertiary/aromatic N) is 2. The number of piperidine rings is 1. The molecule has 0 amide bonds. The Bertz CT molecular complexity index is 740. The van der Waals surface area contributed by atoms with Gasteiger partial charge in [-0.1, -0.05) is 24.3 Å². The van der Waals surface area contributed by atoms with E-state index in [-0.39, 0.29) is 6.10 Å². The maximum atomic E-state index is 9.26. The fourth-order valence-corrected chi connectivity index (χ4v) is 3.71. The van der Waals surface area contributed by atoms with Crippen LogP contribution in [0.1, 0.15) is 31.2 Å². The number of fused-ring (bicyclic) bond motifs is 2. The molecule has 116 valence electrons. The molecule has 2 aliphatic rings. The molecule has 1 N–H and O–H groups in total. The number of rotatable bonds is 3. The Balaban J connectivity index is 1.56. The Morgan fingerprint density at radius 3 is 2.61 bits per heavy atom. The largest absolute Gasteiger partial charge is 0.474 e. The van der Waals surface area contributed by atoms with Gasteiger partial charge < -0.3 is 10.1 Å². The zero-order valence-electron chi connectivity index (χ0n) is 12.9.